The summed E-state index contributed by atoms with van der Waals surface area (Å²) in [5, 5.41) is 3.59. The number of morpholine rings is 1. The fraction of sp³-hybridized carbons (Fsp3) is 0.348. The Morgan fingerprint density at radius 3 is 2.94 bits per heavy atom. The molecule has 1 atom stereocenters. The quantitative estimate of drug-likeness (QED) is 0.637. The summed E-state index contributed by atoms with van der Waals surface area (Å²) < 4.78 is 11.8. The third-order valence-electron chi connectivity index (χ3n) is 5.35. The van der Waals surface area contributed by atoms with E-state index in [1.165, 1.54) is 11.3 Å². The van der Waals surface area contributed by atoms with Gasteiger partial charge >= 0.3 is 0 Å². The second-order valence-corrected chi connectivity index (χ2v) is 8.34. The molecule has 1 aromatic carbocycles. The molecular formula is C23H25N3O4S. The first-order valence-corrected chi connectivity index (χ1v) is 11.1. The highest BCUT2D eigenvalue weighted by atomic mass is 32.1. The van der Waals surface area contributed by atoms with Crippen LogP contribution >= 0.6 is 11.3 Å². The molecule has 2 amide bonds. The molecule has 3 heterocycles. The number of nitrogens with one attached hydrogen (secondary N) is 1. The van der Waals surface area contributed by atoms with Crippen LogP contribution in [0.1, 0.15) is 33.3 Å². The Balaban J connectivity index is 1.47. The number of rotatable bonds is 6. The fourth-order valence-corrected chi connectivity index (χ4v) is 4.87. The minimum Gasteiger partial charge on any atom is -0.493 e. The minimum absolute atomic E-state index is 0.0148. The van der Waals surface area contributed by atoms with Crippen LogP contribution in [0.25, 0.3) is 10.2 Å². The molecule has 1 fully saturated rings. The lowest BCUT2D eigenvalue weighted by molar-refractivity contribution is -0.139. The van der Waals surface area contributed by atoms with Gasteiger partial charge in [-0.05, 0) is 24.6 Å². The number of para-hydroxylation sites is 1. The van der Waals surface area contributed by atoms with Gasteiger partial charge in [-0.3, -0.25) is 9.59 Å². The van der Waals surface area contributed by atoms with E-state index in [1.807, 2.05) is 43.3 Å². The number of thiophene rings is 1. The van der Waals surface area contributed by atoms with E-state index in [0.29, 0.717) is 31.2 Å². The lowest BCUT2D eigenvalue weighted by Crippen LogP contribution is -2.43. The molecule has 1 aliphatic heterocycles. The molecule has 1 saturated heterocycles. The van der Waals surface area contributed by atoms with Crippen molar-refractivity contribution >= 4 is 33.4 Å². The molecule has 0 spiro atoms. The van der Waals surface area contributed by atoms with Crippen LogP contribution in [-0.4, -0.2) is 55.0 Å². The van der Waals surface area contributed by atoms with Gasteiger partial charge in [0.05, 0.1) is 26.2 Å². The highest BCUT2D eigenvalue weighted by molar-refractivity contribution is 7.20. The van der Waals surface area contributed by atoms with E-state index in [4.69, 9.17) is 9.47 Å². The predicted molar refractivity (Wildman–Crippen MR) is 120 cm³/mol. The van der Waals surface area contributed by atoms with Crippen LogP contribution in [0, 0.1) is 6.92 Å². The Kier molecular flexibility index (Phi) is 6.48. The number of nitrogens with zero attached hydrogens (tertiary/aromatic N) is 2. The molecule has 162 valence electrons. The molecule has 8 heteroatoms. The molecule has 31 heavy (non-hydrogen) atoms. The number of hydrogen-bond donors (Lipinski definition) is 1. The van der Waals surface area contributed by atoms with Gasteiger partial charge in [0, 0.05) is 30.7 Å². The topological polar surface area (TPSA) is 80.8 Å². The summed E-state index contributed by atoms with van der Waals surface area (Å²) in [7, 11) is 1.61. The van der Waals surface area contributed by atoms with Crippen LogP contribution < -0.4 is 10.1 Å². The van der Waals surface area contributed by atoms with E-state index in [9.17, 15) is 9.59 Å². The number of aromatic nitrogens is 1. The van der Waals surface area contributed by atoms with Gasteiger partial charge < -0.3 is 19.7 Å². The monoisotopic (exact) mass is 439 g/mol. The van der Waals surface area contributed by atoms with Gasteiger partial charge in [0.1, 0.15) is 21.6 Å². The average molecular weight is 440 g/mol. The number of ether oxygens (including phenoxy) is 2. The summed E-state index contributed by atoms with van der Waals surface area (Å²) in [5.41, 5.74) is 1.85. The average Bonchev–Trinajstić information content (AvgIpc) is 3.19. The van der Waals surface area contributed by atoms with Crippen molar-refractivity contribution in [3.8, 4) is 5.75 Å². The molecule has 2 aromatic heterocycles. The number of carbonyl (C=O) groups is 2. The Hall–Kier alpha value is -2.97. The van der Waals surface area contributed by atoms with E-state index in [-0.39, 0.29) is 24.3 Å². The Bertz CT molecular complexity index is 1100. The first-order valence-electron chi connectivity index (χ1n) is 10.3. The zero-order valence-electron chi connectivity index (χ0n) is 17.6. The molecule has 1 N–H and O–H groups in total. The largest absolute Gasteiger partial charge is 0.493 e. The first-order chi connectivity index (χ1) is 15.1. The summed E-state index contributed by atoms with van der Waals surface area (Å²) >= 11 is 1.35. The van der Waals surface area contributed by atoms with Gasteiger partial charge in [-0.2, -0.15) is 0 Å². The number of carbonyl (C=O) groups excluding carboxylic acids is 2. The molecule has 0 bridgehead atoms. The lowest BCUT2D eigenvalue weighted by atomic mass is 10.0. The van der Waals surface area contributed by atoms with Gasteiger partial charge in [-0.25, -0.2) is 4.98 Å². The van der Waals surface area contributed by atoms with Crippen LogP contribution in [0.3, 0.4) is 0 Å². The zero-order valence-corrected chi connectivity index (χ0v) is 18.4. The summed E-state index contributed by atoms with van der Waals surface area (Å²) in [6.45, 7) is 3.64. The molecule has 0 saturated carbocycles. The van der Waals surface area contributed by atoms with Gasteiger partial charge in [0.25, 0.3) is 5.91 Å². The molecule has 4 rings (SSSR count). The lowest BCUT2D eigenvalue weighted by Gasteiger charge is -2.33. The number of pyridine rings is 1. The van der Waals surface area contributed by atoms with E-state index >= 15 is 0 Å². The van der Waals surface area contributed by atoms with Crippen LogP contribution in [-0.2, 0) is 9.53 Å². The second-order valence-electron chi connectivity index (χ2n) is 7.34. The maximum Gasteiger partial charge on any atom is 0.261 e. The summed E-state index contributed by atoms with van der Waals surface area (Å²) in [5.74, 6) is 0.639. The summed E-state index contributed by atoms with van der Waals surface area (Å²) in [6, 6.07) is 11.6. The molecule has 0 aliphatic carbocycles. The molecule has 3 aromatic rings. The third kappa shape index (κ3) is 4.55. The number of fused-ring (bicyclic) bond motifs is 1. The zero-order chi connectivity index (χ0) is 21.8. The fourth-order valence-electron chi connectivity index (χ4n) is 3.73. The highest BCUT2D eigenvalue weighted by Gasteiger charge is 2.31. The maximum absolute atomic E-state index is 12.8. The van der Waals surface area contributed by atoms with Crippen molar-refractivity contribution in [3.63, 3.8) is 0 Å². The van der Waals surface area contributed by atoms with Crippen molar-refractivity contribution in [2.24, 2.45) is 0 Å². The smallest absolute Gasteiger partial charge is 0.261 e. The minimum atomic E-state index is -0.375. The molecule has 1 unspecified atom stereocenters. The highest BCUT2D eigenvalue weighted by Crippen LogP contribution is 2.37. The maximum atomic E-state index is 12.8. The van der Waals surface area contributed by atoms with Crippen molar-refractivity contribution in [2.75, 3.05) is 33.4 Å². The Morgan fingerprint density at radius 2 is 2.13 bits per heavy atom. The van der Waals surface area contributed by atoms with Crippen molar-refractivity contribution in [1.29, 1.82) is 0 Å². The van der Waals surface area contributed by atoms with Crippen molar-refractivity contribution in [1.82, 2.24) is 15.2 Å². The summed E-state index contributed by atoms with van der Waals surface area (Å²) in [4.78, 5) is 32.9. The van der Waals surface area contributed by atoms with Crippen LogP contribution in [0.5, 0.6) is 5.75 Å². The molecule has 7 nitrogen and oxygen atoms in total. The second kappa shape index (κ2) is 9.45. The predicted octanol–water partition coefficient (Wildman–Crippen LogP) is 3.33. The van der Waals surface area contributed by atoms with Gasteiger partial charge in [-0.15, -0.1) is 11.3 Å². The van der Waals surface area contributed by atoms with Crippen LogP contribution in [0.4, 0.5) is 0 Å². The van der Waals surface area contributed by atoms with E-state index in [2.05, 4.69) is 10.3 Å². The molecule has 1 aliphatic rings. The molecular weight excluding hydrogens is 414 g/mol. The third-order valence-corrected chi connectivity index (χ3v) is 6.47. The van der Waals surface area contributed by atoms with E-state index in [0.717, 1.165) is 27.1 Å². The van der Waals surface area contributed by atoms with Gasteiger partial charge in [0.15, 0.2) is 0 Å². The van der Waals surface area contributed by atoms with E-state index < -0.39 is 0 Å². The normalized spacial score (nSPS) is 16.3. The van der Waals surface area contributed by atoms with Crippen LogP contribution in [0.15, 0.2) is 42.6 Å². The van der Waals surface area contributed by atoms with Gasteiger partial charge in [0.2, 0.25) is 5.91 Å². The SMILES string of the molecule is CNC(=O)c1sc2ncccc2c1C1CN(C(=O)CCOc2ccccc2C)CCO1. The van der Waals surface area contributed by atoms with Gasteiger partial charge in [-0.1, -0.05) is 24.3 Å². The van der Waals surface area contributed by atoms with Crippen LogP contribution in [0.2, 0.25) is 0 Å². The van der Waals surface area contributed by atoms with Crippen molar-refractivity contribution in [2.45, 2.75) is 19.4 Å². The summed E-state index contributed by atoms with van der Waals surface area (Å²) in [6.07, 6.45) is 1.62. The number of benzene rings is 1. The standard InChI is InChI=1S/C23H25N3O4S/c1-15-6-3-4-8-17(15)29-12-9-19(27)26-11-13-30-18(14-26)20-16-7-5-10-25-23(16)31-21(20)22(28)24-2/h3-8,10,18H,9,11-14H2,1-2H3,(H,24,28). The first kappa shape index (κ1) is 21.3. The number of hydrogen-bond acceptors (Lipinski definition) is 6. The number of aryl methyl sites for hydroxylation is 1. The Morgan fingerprint density at radius 1 is 1.29 bits per heavy atom. The molecule has 0 radical (unpaired) electrons. The van der Waals surface area contributed by atoms with Crippen molar-refractivity contribution < 1.29 is 19.1 Å². The van der Waals surface area contributed by atoms with E-state index in [1.54, 1.807) is 18.1 Å². The van der Waals surface area contributed by atoms with Crippen molar-refractivity contribution in [3.05, 3.63) is 58.6 Å². The Labute approximate surface area is 185 Å². The number of amides is 2.